The fourth-order valence-electron chi connectivity index (χ4n) is 5.05. The van der Waals surface area contributed by atoms with Crippen molar-refractivity contribution in [1.82, 2.24) is 4.90 Å². The summed E-state index contributed by atoms with van der Waals surface area (Å²) in [6.07, 6.45) is 0. The van der Waals surface area contributed by atoms with Gasteiger partial charge in [0.15, 0.2) is 0 Å². The van der Waals surface area contributed by atoms with Gasteiger partial charge in [-0.15, -0.1) is 0 Å². The van der Waals surface area contributed by atoms with Crippen LogP contribution in [0, 0.1) is 0 Å². The van der Waals surface area contributed by atoms with E-state index < -0.39 is 17.7 Å². The molecule has 1 aliphatic rings. The zero-order valence-electron chi connectivity index (χ0n) is 24.0. The number of likely N-dealkylation sites (tertiary alicyclic amines) is 1. The van der Waals surface area contributed by atoms with Gasteiger partial charge in [-0.25, -0.2) is 0 Å². The Morgan fingerprint density at radius 1 is 0.900 bits per heavy atom. The number of Topliss-reactive ketones (excluding diaryl/α,β-unsaturated/α-hetero) is 1. The molecule has 4 rings (SSSR count). The predicted octanol–water partition coefficient (Wildman–Crippen LogP) is 6.41. The Hall–Kier alpha value is -4.26. The largest absolute Gasteiger partial charge is 0.507 e. The standard InChI is InChI=1S/C33H37NO6/c1-7-39-24-14-11-13-21(18-24)29-28(30(35)22-16-17-27(40-8-2)25(19-22)33(3,4)5)31(36)32(37)34(29)20-23-12-9-10-15-26(23)38-6/h9-19,29,35H,7-8,20H2,1-6H3/b30-28+. The molecule has 1 saturated heterocycles. The van der Waals surface area contributed by atoms with Gasteiger partial charge in [0, 0.05) is 16.7 Å². The molecule has 3 aromatic carbocycles. The van der Waals surface area contributed by atoms with Gasteiger partial charge in [-0.1, -0.05) is 51.1 Å². The van der Waals surface area contributed by atoms with Crippen LogP contribution in [-0.4, -0.2) is 42.0 Å². The fraction of sp³-hybridized carbons (Fsp3) is 0.333. The number of carbonyl (C=O) groups excluding carboxylic acids is 2. The Morgan fingerprint density at radius 2 is 1.62 bits per heavy atom. The number of methoxy groups -OCH3 is 1. The number of aliphatic hydroxyl groups is 1. The summed E-state index contributed by atoms with van der Waals surface area (Å²) in [6, 6.07) is 19.2. The second kappa shape index (κ2) is 11.9. The first-order chi connectivity index (χ1) is 19.1. The summed E-state index contributed by atoms with van der Waals surface area (Å²) in [6.45, 7) is 11.1. The van der Waals surface area contributed by atoms with Gasteiger partial charge in [0.05, 0.1) is 38.5 Å². The molecule has 1 N–H and O–H groups in total. The van der Waals surface area contributed by atoms with Crippen LogP contribution in [0.25, 0.3) is 5.76 Å². The van der Waals surface area contributed by atoms with E-state index >= 15 is 0 Å². The first-order valence-electron chi connectivity index (χ1n) is 13.5. The lowest BCUT2D eigenvalue weighted by molar-refractivity contribution is -0.140. The predicted molar refractivity (Wildman–Crippen MR) is 155 cm³/mol. The molecule has 40 heavy (non-hydrogen) atoms. The van der Waals surface area contributed by atoms with Gasteiger partial charge in [-0.3, -0.25) is 9.59 Å². The molecular weight excluding hydrogens is 506 g/mol. The van der Waals surface area contributed by atoms with Crippen molar-refractivity contribution in [3.8, 4) is 17.2 Å². The number of benzene rings is 3. The van der Waals surface area contributed by atoms with Crippen molar-refractivity contribution < 1.29 is 28.9 Å². The Labute approximate surface area is 236 Å². The normalized spacial score (nSPS) is 16.8. The van der Waals surface area contributed by atoms with Crippen LogP contribution in [0.1, 0.15) is 62.9 Å². The monoisotopic (exact) mass is 543 g/mol. The molecule has 1 amide bonds. The van der Waals surface area contributed by atoms with Crippen molar-refractivity contribution in [1.29, 1.82) is 0 Å². The zero-order chi connectivity index (χ0) is 29.0. The number of amides is 1. The van der Waals surface area contributed by atoms with E-state index in [1.807, 2.05) is 62.4 Å². The van der Waals surface area contributed by atoms with Crippen LogP contribution in [0.3, 0.4) is 0 Å². The van der Waals surface area contributed by atoms with Crippen LogP contribution < -0.4 is 14.2 Å². The molecule has 1 fully saturated rings. The van der Waals surface area contributed by atoms with E-state index in [9.17, 15) is 14.7 Å². The number of carbonyl (C=O) groups is 2. The lowest BCUT2D eigenvalue weighted by Gasteiger charge is -2.27. The number of ketones is 1. The summed E-state index contributed by atoms with van der Waals surface area (Å²) in [5.41, 5.74) is 2.46. The van der Waals surface area contributed by atoms with Crippen molar-refractivity contribution in [2.45, 2.75) is 52.6 Å². The van der Waals surface area contributed by atoms with Gasteiger partial charge in [-0.05, 0) is 61.2 Å². The van der Waals surface area contributed by atoms with E-state index in [1.54, 1.807) is 25.3 Å². The van der Waals surface area contributed by atoms with Crippen molar-refractivity contribution in [2.75, 3.05) is 20.3 Å². The second-order valence-corrected chi connectivity index (χ2v) is 10.6. The summed E-state index contributed by atoms with van der Waals surface area (Å²) >= 11 is 0. The maximum atomic E-state index is 13.6. The molecule has 0 bridgehead atoms. The van der Waals surface area contributed by atoms with Crippen LogP contribution >= 0.6 is 0 Å². The molecule has 0 radical (unpaired) electrons. The van der Waals surface area contributed by atoms with Crippen LogP contribution in [0.2, 0.25) is 0 Å². The highest BCUT2D eigenvalue weighted by atomic mass is 16.5. The van der Waals surface area contributed by atoms with Crippen molar-refractivity contribution in [3.63, 3.8) is 0 Å². The molecule has 1 unspecified atom stereocenters. The molecule has 1 aliphatic heterocycles. The molecular formula is C33H37NO6. The molecule has 210 valence electrons. The zero-order valence-corrected chi connectivity index (χ0v) is 24.0. The smallest absolute Gasteiger partial charge is 0.295 e. The lowest BCUT2D eigenvalue weighted by atomic mass is 9.84. The van der Waals surface area contributed by atoms with Gasteiger partial charge in [0.25, 0.3) is 11.7 Å². The number of ether oxygens (including phenoxy) is 3. The molecule has 0 spiro atoms. The van der Waals surface area contributed by atoms with Crippen LogP contribution in [-0.2, 0) is 21.5 Å². The van der Waals surface area contributed by atoms with E-state index in [1.165, 1.54) is 4.90 Å². The summed E-state index contributed by atoms with van der Waals surface area (Å²) in [5, 5.41) is 11.7. The molecule has 7 nitrogen and oxygen atoms in total. The SMILES string of the molecule is CCOc1cccc(C2/C(=C(\O)c3ccc(OCC)c(C(C)(C)C)c3)C(=O)C(=O)N2Cc2ccccc2OC)c1. The topological polar surface area (TPSA) is 85.3 Å². The molecule has 7 heteroatoms. The quantitative estimate of drug-likeness (QED) is 0.191. The number of aliphatic hydroxyl groups excluding tert-OH is 1. The summed E-state index contributed by atoms with van der Waals surface area (Å²) in [4.78, 5) is 28.7. The van der Waals surface area contributed by atoms with Gasteiger partial charge < -0.3 is 24.2 Å². The second-order valence-electron chi connectivity index (χ2n) is 10.6. The maximum Gasteiger partial charge on any atom is 0.295 e. The highest BCUT2D eigenvalue weighted by Gasteiger charge is 2.46. The lowest BCUT2D eigenvalue weighted by Crippen LogP contribution is -2.29. The average molecular weight is 544 g/mol. The first-order valence-corrected chi connectivity index (χ1v) is 13.5. The average Bonchev–Trinajstić information content (AvgIpc) is 3.18. The molecule has 0 saturated carbocycles. The Balaban J connectivity index is 1.91. The summed E-state index contributed by atoms with van der Waals surface area (Å²) in [7, 11) is 1.56. The third-order valence-corrected chi connectivity index (χ3v) is 6.92. The molecule has 0 aliphatic carbocycles. The van der Waals surface area contributed by atoms with Crippen LogP contribution in [0.4, 0.5) is 0 Å². The van der Waals surface area contributed by atoms with E-state index in [0.29, 0.717) is 41.6 Å². The maximum absolute atomic E-state index is 13.6. The van der Waals surface area contributed by atoms with E-state index in [-0.39, 0.29) is 23.3 Å². The van der Waals surface area contributed by atoms with Crippen molar-refractivity contribution in [2.24, 2.45) is 0 Å². The molecule has 1 atom stereocenters. The summed E-state index contributed by atoms with van der Waals surface area (Å²) in [5.74, 6) is 0.253. The van der Waals surface area contributed by atoms with Gasteiger partial charge in [0.2, 0.25) is 0 Å². The third kappa shape index (κ3) is 5.69. The highest BCUT2D eigenvalue weighted by Crippen LogP contribution is 2.43. The Morgan fingerprint density at radius 3 is 2.30 bits per heavy atom. The number of para-hydroxylation sites is 1. The molecule has 1 heterocycles. The summed E-state index contributed by atoms with van der Waals surface area (Å²) < 4.78 is 17.1. The minimum Gasteiger partial charge on any atom is -0.507 e. The van der Waals surface area contributed by atoms with Gasteiger partial charge in [-0.2, -0.15) is 0 Å². The van der Waals surface area contributed by atoms with Crippen molar-refractivity contribution in [3.05, 3.63) is 94.6 Å². The van der Waals surface area contributed by atoms with Gasteiger partial charge in [0.1, 0.15) is 23.0 Å². The number of hydrogen-bond acceptors (Lipinski definition) is 6. The minimum atomic E-state index is -0.838. The molecule has 3 aromatic rings. The first kappa shape index (κ1) is 28.7. The molecule has 0 aromatic heterocycles. The Bertz CT molecular complexity index is 1430. The fourth-order valence-corrected chi connectivity index (χ4v) is 5.05. The number of rotatable bonds is 9. The third-order valence-electron chi connectivity index (χ3n) is 6.92. The van der Waals surface area contributed by atoms with E-state index in [0.717, 1.165) is 11.1 Å². The Kier molecular flexibility index (Phi) is 8.52. The van der Waals surface area contributed by atoms with Crippen LogP contribution in [0.5, 0.6) is 17.2 Å². The van der Waals surface area contributed by atoms with E-state index in [4.69, 9.17) is 14.2 Å². The minimum absolute atomic E-state index is 0.0255. The van der Waals surface area contributed by atoms with Crippen molar-refractivity contribution >= 4 is 17.4 Å². The van der Waals surface area contributed by atoms with E-state index in [2.05, 4.69) is 20.8 Å². The van der Waals surface area contributed by atoms with Crippen LogP contribution in [0.15, 0.2) is 72.3 Å². The highest BCUT2D eigenvalue weighted by molar-refractivity contribution is 6.46. The number of hydrogen-bond donors (Lipinski definition) is 1. The number of nitrogens with zero attached hydrogens (tertiary/aromatic N) is 1. The van der Waals surface area contributed by atoms with Gasteiger partial charge >= 0.3 is 0 Å².